The molecule has 0 aromatic heterocycles. The van der Waals surface area contributed by atoms with E-state index < -0.39 is 0 Å². The van der Waals surface area contributed by atoms with Gasteiger partial charge in [-0.15, -0.1) is 0 Å². The number of aliphatic hydroxyl groups is 1. The highest BCUT2D eigenvalue weighted by molar-refractivity contribution is 9.28. The average molecular weight is 378 g/mol. The molecule has 1 N–H and O–H groups in total. The largest absolute Gasteiger partial charge is 0.393 e. The van der Waals surface area contributed by atoms with Gasteiger partial charge in [0.05, 0.1) is 9.50 Å². The maximum atomic E-state index is 10.2. The molecule has 0 spiro atoms. The van der Waals surface area contributed by atoms with E-state index in [1.807, 2.05) is 0 Å². The van der Waals surface area contributed by atoms with E-state index >= 15 is 0 Å². The molecule has 4 atom stereocenters. The Morgan fingerprint density at radius 2 is 2.33 bits per heavy atom. The lowest BCUT2D eigenvalue weighted by atomic mass is 9.63. The van der Waals surface area contributed by atoms with Gasteiger partial charge in [-0.3, -0.25) is 0 Å². The highest BCUT2D eigenvalue weighted by Crippen LogP contribution is 2.55. The van der Waals surface area contributed by atoms with Gasteiger partial charge in [0.2, 0.25) is 0 Å². The molecule has 18 heavy (non-hydrogen) atoms. The van der Waals surface area contributed by atoms with Crippen molar-refractivity contribution in [1.29, 1.82) is 0 Å². The minimum Gasteiger partial charge on any atom is -0.393 e. The van der Waals surface area contributed by atoms with Crippen LogP contribution in [0.2, 0.25) is 0 Å². The van der Waals surface area contributed by atoms with Crippen LogP contribution in [0.5, 0.6) is 0 Å². The van der Waals surface area contributed by atoms with Gasteiger partial charge in [0, 0.05) is 0 Å². The number of halogens is 2. The topological polar surface area (TPSA) is 20.2 Å². The molecule has 1 nitrogen and oxygen atoms in total. The Hall–Kier alpha value is 0.400. The second-order valence-corrected chi connectivity index (χ2v) is 8.78. The third-order valence-electron chi connectivity index (χ3n) is 4.89. The van der Waals surface area contributed by atoms with Crippen LogP contribution < -0.4 is 0 Å². The van der Waals surface area contributed by atoms with Crippen LogP contribution in [-0.4, -0.2) is 11.2 Å². The first kappa shape index (κ1) is 14.8. The number of allylic oxidation sites excluding steroid dienone is 3. The van der Waals surface area contributed by atoms with Crippen LogP contribution in [0.1, 0.15) is 46.0 Å². The third kappa shape index (κ3) is 2.78. The molecule has 0 heterocycles. The molecule has 102 valence electrons. The van der Waals surface area contributed by atoms with Gasteiger partial charge in [0.15, 0.2) is 0 Å². The van der Waals surface area contributed by atoms with Crippen molar-refractivity contribution in [3.63, 3.8) is 0 Å². The first-order valence-corrected chi connectivity index (χ1v) is 8.43. The molecule has 0 saturated heterocycles. The molecule has 0 bridgehead atoms. The Morgan fingerprint density at radius 1 is 1.61 bits per heavy atom. The minimum absolute atomic E-state index is 0.0943. The highest BCUT2D eigenvalue weighted by Gasteiger charge is 2.47. The SMILES string of the molecule is C[C@H](CC=C(Br)Br)C1=CC[C@H]2[C@@H](O)CCC[C@]12C. The highest BCUT2D eigenvalue weighted by atomic mass is 79.9. The minimum atomic E-state index is -0.0943. The number of hydrogen-bond donors (Lipinski definition) is 1. The van der Waals surface area contributed by atoms with E-state index in [2.05, 4.69) is 57.9 Å². The summed E-state index contributed by atoms with van der Waals surface area (Å²) in [4.78, 5) is 0. The summed E-state index contributed by atoms with van der Waals surface area (Å²) in [6.45, 7) is 4.67. The summed E-state index contributed by atoms with van der Waals surface area (Å²) >= 11 is 6.84. The predicted octanol–water partition coefficient (Wildman–Crippen LogP) is 5.14. The van der Waals surface area contributed by atoms with Gasteiger partial charge in [0.25, 0.3) is 0 Å². The first-order valence-electron chi connectivity index (χ1n) is 6.85. The molecule has 2 rings (SSSR count). The summed E-state index contributed by atoms with van der Waals surface area (Å²) in [6, 6.07) is 0. The van der Waals surface area contributed by atoms with Crippen molar-refractivity contribution in [2.45, 2.75) is 52.1 Å². The normalized spacial score (nSPS) is 36.8. The van der Waals surface area contributed by atoms with Gasteiger partial charge >= 0.3 is 0 Å². The van der Waals surface area contributed by atoms with E-state index in [0.29, 0.717) is 11.8 Å². The lowest BCUT2D eigenvalue weighted by Gasteiger charge is -2.43. The lowest BCUT2D eigenvalue weighted by Crippen LogP contribution is -2.39. The number of aliphatic hydroxyl groups excluding tert-OH is 1. The molecule has 3 heteroatoms. The van der Waals surface area contributed by atoms with Crippen LogP contribution in [0.15, 0.2) is 21.1 Å². The van der Waals surface area contributed by atoms with E-state index in [9.17, 15) is 5.11 Å². The molecule has 1 saturated carbocycles. The monoisotopic (exact) mass is 376 g/mol. The Balaban J connectivity index is 2.12. The Bertz CT molecular complexity index is 371. The maximum Gasteiger partial charge on any atom is 0.0579 e. The van der Waals surface area contributed by atoms with E-state index in [-0.39, 0.29) is 11.5 Å². The Labute approximate surface area is 127 Å². The lowest BCUT2D eigenvalue weighted by molar-refractivity contribution is 0.00805. The number of fused-ring (bicyclic) bond motifs is 1. The fraction of sp³-hybridized carbons (Fsp3) is 0.733. The van der Waals surface area contributed by atoms with Gasteiger partial charge < -0.3 is 5.11 Å². The summed E-state index contributed by atoms with van der Waals surface area (Å²) in [5.41, 5.74) is 1.81. The van der Waals surface area contributed by atoms with Crippen molar-refractivity contribution in [3.05, 3.63) is 21.1 Å². The van der Waals surface area contributed by atoms with Gasteiger partial charge in [-0.2, -0.15) is 0 Å². The quantitative estimate of drug-likeness (QED) is 0.675. The van der Waals surface area contributed by atoms with Crippen molar-refractivity contribution in [1.82, 2.24) is 0 Å². The summed E-state index contributed by atoms with van der Waals surface area (Å²) in [6.07, 6.45) is 10.00. The Morgan fingerprint density at radius 3 is 3.00 bits per heavy atom. The van der Waals surface area contributed by atoms with Crippen LogP contribution in [0, 0.1) is 17.3 Å². The van der Waals surface area contributed by atoms with Gasteiger partial charge in [-0.25, -0.2) is 0 Å². The molecule has 0 aromatic rings. The Kier molecular flexibility index (Phi) is 4.77. The molecule has 0 unspecified atom stereocenters. The second kappa shape index (κ2) is 5.80. The fourth-order valence-corrected chi connectivity index (χ4v) is 4.28. The van der Waals surface area contributed by atoms with Crippen molar-refractivity contribution in [2.75, 3.05) is 0 Å². The summed E-state index contributed by atoms with van der Waals surface area (Å²) < 4.78 is 1.03. The van der Waals surface area contributed by atoms with E-state index in [4.69, 9.17) is 0 Å². The average Bonchev–Trinajstić information content (AvgIpc) is 2.64. The van der Waals surface area contributed by atoms with Crippen molar-refractivity contribution >= 4 is 31.9 Å². The molecule has 0 aromatic carbocycles. The maximum absolute atomic E-state index is 10.2. The van der Waals surface area contributed by atoms with Gasteiger partial charge in [-0.05, 0) is 81.2 Å². The fourth-order valence-electron chi connectivity index (χ4n) is 3.91. The van der Waals surface area contributed by atoms with Crippen LogP contribution in [0.4, 0.5) is 0 Å². The number of rotatable bonds is 3. The zero-order valence-corrected chi connectivity index (χ0v) is 14.3. The van der Waals surface area contributed by atoms with Crippen molar-refractivity contribution in [3.8, 4) is 0 Å². The molecular formula is C15H22Br2O. The zero-order valence-electron chi connectivity index (χ0n) is 11.1. The second-order valence-electron chi connectivity index (χ2n) is 6.01. The van der Waals surface area contributed by atoms with Crippen LogP contribution in [0.3, 0.4) is 0 Å². The van der Waals surface area contributed by atoms with Crippen LogP contribution in [-0.2, 0) is 0 Å². The summed E-state index contributed by atoms with van der Waals surface area (Å²) in [7, 11) is 0. The molecular weight excluding hydrogens is 356 g/mol. The van der Waals surface area contributed by atoms with Gasteiger partial charge in [-0.1, -0.05) is 31.6 Å². The van der Waals surface area contributed by atoms with E-state index in [1.165, 1.54) is 6.42 Å². The molecule has 0 aliphatic heterocycles. The van der Waals surface area contributed by atoms with Crippen LogP contribution >= 0.6 is 31.9 Å². The van der Waals surface area contributed by atoms with Crippen molar-refractivity contribution in [2.24, 2.45) is 17.3 Å². The summed E-state index contributed by atoms with van der Waals surface area (Å²) in [5.74, 6) is 1.02. The summed E-state index contributed by atoms with van der Waals surface area (Å²) in [5, 5.41) is 10.2. The zero-order chi connectivity index (χ0) is 13.3. The predicted molar refractivity (Wildman–Crippen MR) is 83.9 cm³/mol. The van der Waals surface area contributed by atoms with Gasteiger partial charge in [0.1, 0.15) is 0 Å². The first-order chi connectivity index (χ1) is 8.45. The van der Waals surface area contributed by atoms with E-state index in [1.54, 1.807) is 5.57 Å². The number of hydrogen-bond acceptors (Lipinski definition) is 1. The smallest absolute Gasteiger partial charge is 0.0579 e. The van der Waals surface area contributed by atoms with Crippen LogP contribution in [0.25, 0.3) is 0 Å². The molecule has 2 aliphatic rings. The molecule has 0 radical (unpaired) electrons. The van der Waals surface area contributed by atoms with E-state index in [0.717, 1.165) is 29.1 Å². The molecule has 2 aliphatic carbocycles. The standard InChI is InChI=1S/C15H22Br2O/c1-10(5-8-14(16)17)11-6-7-12-13(18)4-3-9-15(11,12)2/h6,8,10,12-13,18H,3-5,7,9H2,1-2H3/t10-,12+,13+,15-/m1/s1. The molecule has 0 amide bonds. The van der Waals surface area contributed by atoms with Crippen molar-refractivity contribution < 1.29 is 5.11 Å². The molecule has 1 fully saturated rings. The third-order valence-corrected chi connectivity index (χ3v) is 5.53.